The van der Waals surface area contributed by atoms with Crippen LogP contribution in [0.15, 0.2) is 51.1 Å². The Labute approximate surface area is 228 Å². The molecule has 0 unspecified atom stereocenters. The summed E-state index contributed by atoms with van der Waals surface area (Å²) in [5, 5.41) is 1.46. The zero-order chi connectivity index (χ0) is 26.1. The highest BCUT2D eigenvalue weighted by atomic mass is 79.9. The van der Waals surface area contributed by atoms with E-state index in [1.54, 1.807) is 29.2 Å². The predicted octanol–water partition coefficient (Wildman–Crippen LogP) is 3.96. The van der Waals surface area contributed by atoms with Crippen molar-refractivity contribution in [2.24, 2.45) is 0 Å². The highest BCUT2D eigenvalue weighted by Gasteiger charge is 2.31. The number of fused-ring (bicyclic) bond motifs is 2. The van der Waals surface area contributed by atoms with Gasteiger partial charge in [0.1, 0.15) is 11.2 Å². The molecular formula is C19H17BrClN3O6S5. The van der Waals surface area contributed by atoms with Crippen LogP contribution in [-0.2, 0) is 30.8 Å². The molecule has 4 rings (SSSR count). The third kappa shape index (κ3) is 7.07. The van der Waals surface area contributed by atoms with Gasteiger partial charge >= 0.3 is 0 Å². The fourth-order valence-corrected chi connectivity index (χ4v) is 8.69. The number of thioether (sulfide) groups is 1. The number of aromatic nitrogens is 1. The lowest BCUT2D eigenvalue weighted by atomic mass is 10.3. The van der Waals surface area contributed by atoms with Gasteiger partial charge in [0.15, 0.2) is 10.1 Å². The first-order valence-corrected chi connectivity index (χ1v) is 16.4. The van der Waals surface area contributed by atoms with Gasteiger partial charge in [-0.15, -0.1) is 13.2 Å². The van der Waals surface area contributed by atoms with E-state index in [1.165, 1.54) is 39.0 Å². The Balaban J connectivity index is 0.00000167. The van der Waals surface area contributed by atoms with Crippen LogP contribution in [-0.4, -0.2) is 40.1 Å². The number of anilines is 1. The summed E-state index contributed by atoms with van der Waals surface area (Å²) in [4.78, 5) is 15.4. The van der Waals surface area contributed by atoms with Gasteiger partial charge in [0, 0.05) is 9.92 Å². The molecule has 0 radical (unpaired) electrons. The maximum Gasteiger partial charge on any atom is 0.282 e. The third-order valence-electron chi connectivity index (χ3n) is 4.20. The van der Waals surface area contributed by atoms with Gasteiger partial charge in [-0.25, -0.2) is 16.8 Å². The largest absolute Gasteiger partial charge is 0.743 e. The van der Waals surface area contributed by atoms with Crippen LogP contribution in [0.2, 0.25) is 5.02 Å². The molecule has 0 aliphatic carbocycles. The van der Waals surface area contributed by atoms with Crippen LogP contribution in [0.4, 0.5) is 5.69 Å². The van der Waals surface area contributed by atoms with Crippen molar-refractivity contribution in [1.29, 1.82) is 0 Å². The minimum atomic E-state index is -4.58. The standard InChI is InChI=1S/C17H13BrClN3O6S5.C2H4/c1-32(24,25)20-14(23)7-21-10-4-9(19)2-3-11(10)29-15(21)6-16-22(8-33(26,27)28)17-12(30-16)5-13(18)31-17;1-2/h2-6H,7-8H2,1H3,(H-,20,23,26,27,28);1-2H2. The number of halogens is 2. The van der Waals surface area contributed by atoms with E-state index in [9.17, 15) is 26.2 Å². The molecule has 9 nitrogen and oxygen atoms in total. The van der Waals surface area contributed by atoms with Crippen LogP contribution in [0.25, 0.3) is 15.6 Å². The molecule has 0 saturated carbocycles. The minimum Gasteiger partial charge on any atom is -0.743 e. The van der Waals surface area contributed by atoms with Gasteiger partial charge in [-0.1, -0.05) is 46.0 Å². The number of nitrogens with zero attached hydrogens (tertiary/aromatic N) is 2. The number of nitrogens with one attached hydrogen (secondary N) is 1. The number of amides is 1. The van der Waals surface area contributed by atoms with Crippen molar-refractivity contribution >= 4 is 109 Å². The van der Waals surface area contributed by atoms with Crippen LogP contribution < -0.4 is 14.2 Å². The number of thiazole rings is 1. The second kappa shape index (κ2) is 10.9. The van der Waals surface area contributed by atoms with Crippen LogP contribution in [0.5, 0.6) is 0 Å². The Morgan fingerprint density at radius 2 is 1.94 bits per heavy atom. The van der Waals surface area contributed by atoms with Crippen LogP contribution in [0.1, 0.15) is 5.01 Å². The molecule has 0 bridgehead atoms. The summed E-state index contributed by atoms with van der Waals surface area (Å²) in [5.74, 6) is -1.50. The van der Waals surface area contributed by atoms with Crippen molar-refractivity contribution < 1.29 is 30.7 Å². The molecule has 3 heterocycles. The number of rotatable bonds is 6. The highest BCUT2D eigenvalue weighted by molar-refractivity contribution is 9.11. The average molecular weight is 659 g/mol. The fraction of sp³-hybridized carbons (Fsp3) is 0.158. The monoisotopic (exact) mass is 657 g/mol. The Morgan fingerprint density at radius 1 is 1.26 bits per heavy atom. The molecule has 1 N–H and O–H groups in total. The molecule has 0 fully saturated rings. The lowest BCUT2D eigenvalue weighted by Gasteiger charge is -2.19. The molecule has 2 aromatic heterocycles. The molecule has 1 amide bonds. The molecule has 0 saturated heterocycles. The van der Waals surface area contributed by atoms with Crippen LogP contribution >= 0.6 is 62.0 Å². The Hall–Kier alpha value is -1.46. The van der Waals surface area contributed by atoms with E-state index in [0.717, 1.165) is 19.6 Å². The maximum atomic E-state index is 12.4. The van der Waals surface area contributed by atoms with Crippen molar-refractivity contribution in [3.05, 3.63) is 56.3 Å². The number of benzene rings is 1. The zero-order valence-electron chi connectivity index (χ0n) is 17.9. The molecule has 35 heavy (non-hydrogen) atoms. The number of hydrogen-bond acceptors (Lipinski definition) is 10. The lowest BCUT2D eigenvalue weighted by Crippen LogP contribution is -2.39. The van der Waals surface area contributed by atoms with Gasteiger partial charge in [0.05, 0.1) is 26.8 Å². The number of carbonyl (C=O) groups excluding carboxylic acids is 1. The predicted molar refractivity (Wildman–Crippen MR) is 144 cm³/mol. The first-order chi connectivity index (χ1) is 16.3. The van der Waals surface area contributed by atoms with Gasteiger partial charge < -0.3 is 9.45 Å². The second-order valence-electron chi connectivity index (χ2n) is 6.86. The van der Waals surface area contributed by atoms with Gasteiger partial charge in [-0.2, -0.15) is 4.57 Å². The molecule has 0 atom stereocenters. The van der Waals surface area contributed by atoms with E-state index in [0.29, 0.717) is 25.6 Å². The van der Waals surface area contributed by atoms with Gasteiger partial charge in [-0.3, -0.25) is 9.52 Å². The molecule has 1 aromatic carbocycles. The number of hydrogen-bond donors (Lipinski definition) is 1. The molecule has 1 aliphatic heterocycles. The SMILES string of the molecule is C=C.CS(=O)(=O)NC(=O)CN1C(=Cc2sc3cc(Br)sc3[n+]2CS(=O)(=O)[O-])Sc2ccc(Cl)cc21. The van der Waals surface area contributed by atoms with E-state index in [1.807, 2.05) is 10.8 Å². The molecule has 1 aliphatic rings. The Morgan fingerprint density at radius 3 is 2.57 bits per heavy atom. The zero-order valence-corrected chi connectivity index (χ0v) is 24.3. The molecular weight excluding hydrogens is 642 g/mol. The molecule has 3 aromatic rings. The summed E-state index contributed by atoms with van der Waals surface area (Å²) in [6.45, 7) is 5.68. The van der Waals surface area contributed by atoms with E-state index in [4.69, 9.17) is 11.6 Å². The molecule has 0 spiro atoms. The van der Waals surface area contributed by atoms with E-state index < -0.39 is 31.9 Å². The fourth-order valence-electron chi connectivity index (χ4n) is 3.09. The summed E-state index contributed by atoms with van der Waals surface area (Å²) in [5.41, 5.74) is 0.603. The van der Waals surface area contributed by atoms with Crippen molar-refractivity contribution in [3.63, 3.8) is 0 Å². The smallest absolute Gasteiger partial charge is 0.282 e. The van der Waals surface area contributed by atoms with E-state index >= 15 is 0 Å². The van der Waals surface area contributed by atoms with E-state index in [-0.39, 0.29) is 6.54 Å². The average Bonchev–Trinajstić information content (AvgIpc) is 3.34. The van der Waals surface area contributed by atoms with Crippen molar-refractivity contribution in [2.45, 2.75) is 10.8 Å². The Kier molecular flexibility index (Phi) is 8.74. The number of carbonyl (C=O) groups is 1. The second-order valence-corrected chi connectivity index (χ2v) is 14.9. The third-order valence-corrected chi connectivity index (χ3v) is 9.59. The lowest BCUT2D eigenvalue weighted by molar-refractivity contribution is -0.647. The molecule has 188 valence electrons. The topological polar surface area (TPSA) is 128 Å². The van der Waals surface area contributed by atoms with Gasteiger partial charge in [-0.05, 0) is 40.2 Å². The number of sulfonamides is 1. The normalized spacial score (nSPS) is 14.6. The van der Waals surface area contributed by atoms with Gasteiger partial charge in [0.25, 0.3) is 15.7 Å². The van der Waals surface area contributed by atoms with Crippen molar-refractivity contribution in [3.8, 4) is 0 Å². The number of thiophene rings is 1. The minimum absolute atomic E-state index is 0.315. The van der Waals surface area contributed by atoms with Crippen molar-refractivity contribution in [1.82, 2.24) is 4.72 Å². The molecule has 16 heteroatoms. The highest BCUT2D eigenvalue weighted by Crippen LogP contribution is 2.48. The summed E-state index contributed by atoms with van der Waals surface area (Å²) in [6.07, 6.45) is 2.55. The Bertz CT molecular complexity index is 1550. The van der Waals surface area contributed by atoms with Crippen LogP contribution in [0.3, 0.4) is 0 Å². The van der Waals surface area contributed by atoms with Crippen molar-refractivity contribution in [2.75, 3.05) is 17.7 Å². The summed E-state index contributed by atoms with van der Waals surface area (Å²) >= 11 is 13.4. The first-order valence-electron chi connectivity index (χ1n) is 9.31. The summed E-state index contributed by atoms with van der Waals surface area (Å²) < 4.78 is 62.6. The summed E-state index contributed by atoms with van der Waals surface area (Å²) in [6, 6.07) is 6.94. The van der Waals surface area contributed by atoms with Gasteiger partial charge in [0.2, 0.25) is 15.9 Å². The maximum absolute atomic E-state index is 12.4. The van der Waals surface area contributed by atoms with Crippen LogP contribution in [0, 0.1) is 0 Å². The summed E-state index contributed by atoms with van der Waals surface area (Å²) in [7, 11) is -8.34. The van der Waals surface area contributed by atoms with E-state index in [2.05, 4.69) is 29.1 Å². The quantitative estimate of drug-likeness (QED) is 0.240. The first kappa shape index (κ1) is 28.1.